The van der Waals surface area contributed by atoms with Crippen LogP contribution in [-0.4, -0.2) is 12.1 Å². The van der Waals surface area contributed by atoms with Crippen molar-refractivity contribution >= 4 is 15.9 Å². The van der Waals surface area contributed by atoms with Crippen molar-refractivity contribution in [2.45, 2.75) is 45.7 Å². The van der Waals surface area contributed by atoms with Gasteiger partial charge in [-0.1, -0.05) is 12.1 Å². The molecule has 3 heteroatoms. The first-order chi connectivity index (χ1) is 8.46. The molecule has 0 aromatic heterocycles. The fraction of sp³-hybridized carbons (Fsp3) is 0.600. The van der Waals surface area contributed by atoms with Gasteiger partial charge in [-0.25, -0.2) is 0 Å². The molecule has 1 aromatic rings. The van der Waals surface area contributed by atoms with E-state index in [-0.39, 0.29) is 5.54 Å². The van der Waals surface area contributed by atoms with Crippen LogP contribution >= 0.6 is 15.9 Å². The number of hydrogen-bond donors (Lipinski definition) is 1. The number of rotatable bonds is 5. The topological polar surface area (TPSA) is 21.3 Å². The van der Waals surface area contributed by atoms with Crippen LogP contribution in [0, 0.1) is 5.92 Å². The lowest BCUT2D eigenvalue weighted by atomic mass is 10.1. The van der Waals surface area contributed by atoms with Gasteiger partial charge in [0.05, 0.1) is 11.1 Å². The smallest absolute Gasteiger partial charge is 0.137 e. The number of hydrogen-bond acceptors (Lipinski definition) is 2. The third-order valence-corrected chi connectivity index (χ3v) is 3.64. The van der Waals surface area contributed by atoms with Gasteiger partial charge < -0.3 is 10.1 Å². The first-order valence-corrected chi connectivity index (χ1v) is 7.40. The van der Waals surface area contributed by atoms with Crippen LogP contribution in [0.5, 0.6) is 5.75 Å². The molecular formula is C15H22BrNO. The standard InChI is InChI=1S/C15H22BrNO/c1-15(2,3)17-9-12-5-4-6-13(16)14(12)18-10-11-7-8-11/h4-6,11,17H,7-10H2,1-3H3. The molecule has 1 aliphatic carbocycles. The molecular weight excluding hydrogens is 290 g/mol. The molecule has 1 fully saturated rings. The van der Waals surface area contributed by atoms with Crippen LogP contribution in [0.2, 0.25) is 0 Å². The summed E-state index contributed by atoms with van der Waals surface area (Å²) in [6.07, 6.45) is 2.64. The van der Waals surface area contributed by atoms with Gasteiger partial charge in [-0.3, -0.25) is 0 Å². The summed E-state index contributed by atoms with van der Waals surface area (Å²) < 4.78 is 7.02. The lowest BCUT2D eigenvalue weighted by molar-refractivity contribution is 0.292. The van der Waals surface area contributed by atoms with Gasteiger partial charge in [0, 0.05) is 17.6 Å². The highest BCUT2D eigenvalue weighted by molar-refractivity contribution is 9.10. The van der Waals surface area contributed by atoms with Crippen LogP contribution in [0.1, 0.15) is 39.2 Å². The van der Waals surface area contributed by atoms with Gasteiger partial charge in [0.1, 0.15) is 5.75 Å². The highest BCUT2D eigenvalue weighted by Crippen LogP contribution is 2.33. The van der Waals surface area contributed by atoms with Gasteiger partial charge >= 0.3 is 0 Å². The van der Waals surface area contributed by atoms with Crippen LogP contribution in [-0.2, 0) is 6.54 Å². The average Bonchev–Trinajstić information content (AvgIpc) is 3.08. The van der Waals surface area contributed by atoms with Crippen molar-refractivity contribution in [1.29, 1.82) is 0 Å². The van der Waals surface area contributed by atoms with Crippen molar-refractivity contribution in [2.24, 2.45) is 5.92 Å². The Morgan fingerprint density at radius 1 is 1.33 bits per heavy atom. The molecule has 0 aliphatic heterocycles. The third kappa shape index (κ3) is 4.29. The number of nitrogens with one attached hydrogen (secondary N) is 1. The van der Waals surface area contributed by atoms with E-state index in [1.54, 1.807) is 0 Å². The molecule has 0 bridgehead atoms. The van der Waals surface area contributed by atoms with E-state index < -0.39 is 0 Å². The Bertz CT molecular complexity index is 407. The van der Waals surface area contributed by atoms with Crippen molar-refractivity contribution in [3.05, 3.63) is 28.2 Å². The lowest BCUT2D eigenvalue weighted by Gasteiger charge is -2.22. The molecule has 0 radical (unpaired) electrons. The van der Waals surface area contributed by atoms with Gasteiger partial charge in [-0.2, -0.15) is 0 Å². The van der Waals surface area contributed by atoms with E-state index in [1.807, 2.05) is 6.07 Å². The summed E-state index contributed by atoms with van der Waals surface area (Å²) in [6.45, 7) is 8.22. The summed E-state index contributed by atoms with van der Waals surface area (Å²) in [5.41, 5.74) is 1.34. The third-order valence-electron chi connectivity index (χ3n) is 3.02. The molecule has 2 nitrogen and oxygen atoms in total. The SMILES string of the molecule is CC(C)(C)NCc1cccc(Br)c1OCC1CC1. The van der Waals surface area contributed by atoms with Crippen molar-refractivity contribution in [3.8, 4) is 5.75 Å². The summed E-state index contributed by atoms with van der Waals surface area (Å²) in [7, 11) is 0. The Balaban J connectivity index is 2.04. The highest BCUT2D eigenvalue weighted by Gasteiger charge is 2.23. The number of halogens is 1. The van der Waals surface area contributed by atoms with Crippen molar-refractivity contribution in [1.82, 2.24) is 5.32 Å². The van der Waals surface area contributed by atoms with Crippen molar-refractivity contribution in [2.75, 3.05) is 6.61 Å². The van der Waals surface area contributed by atoms with E-state index in [9.17, 15) is 0 Å². The van der Waals surface area contributed by atoms with Crippen molar-refractivity contribution < 1.29 is 4.74 Å². The molecule has 18 heavy (non-hydrogen) atoms. The molecule has 0 heterocycles. The lowest BCUT2D eigenvalue weighted by Crippen LogP contribution is -2.35. The zero-order chi connectivity index (χ0) is 13.2. The molecule has 0 spiro atoms. The summed E-state index contributed by atoms with van der Waals surface area (Å²) in [4.78, 5) is 0. The van der Waals surface area contributed by atoms with Crippen LogP contribution in [0.4, 0.5) is 0 Å². The van der Waals surface area contributed by atoms with E-state index in [4.69, 9.17) is 4.74 Å². The summed E-state index contributed by atoms with van der Waals surface area (Å²) in [6, 6.07) is 6.24. The molecule has 0 amide bonds. The van der Waals surface area contributed by atoms with Crippen LogP contribution in [0.15, 0.2) is 22.7 Å². The largest absolute Gasteiger partial charge is 0.492 e. The first kappa shape index (κ1) is 13.9. The normalized spacial score (nSPS) is 15.8. The number of ether oxygens (including phenoxy) is 1. The van der Waals surface area contributed by atoms with Gasteiger partial charge in [0.15, 0.2) is 0 Å². The number of benzene rings is 1. The zero-order valence-electron chi connectivity index (χ0n) is 11.4. The molecule has 1 aliphatic rings. The van der Waals surface area contributed by atoms with E-state index in [0.29, 0.717) is 0 Å². The van der Waals surface area contributed by atoms with Gasteiger partial charge in [0.2, 0.25) is 0 Å². The maximum absolute atomic E-state index is 5.97. The number of para-hydroxylation sites is 1. The molecule has 1 N–H and O–H groups in total. The molecule has 2 rings (SSSR count). The highest BCUT2D eigenvalue weighted by atomic mass is 79.9. The van der Waals surface area contributed by atoms with Gasteiger partial charge in [0.25, 0.3) is 0 Å². The second-order valence-corrected chi connectivity index (χ2v) is 6.94. The average molecular weight is 312 g/mol. The minimum Gasteiger partial charge on any atom is -0.492 e. The monoisotopic (exact) mass is 311 g/mol. The fourth-order valence-electron chi connectivity index (χ4n) is 1.70. The van der Waals surface area contributed by atoms with Crippen LogP contribution in [0.25, 0.3) is 0 Å². The predicted octanol–water partition coefficient (Wildman–Crippen LogP) is 4.13. The van der Waals surface area contributed by atoms with Gasteiger partial charge in [-0.05, 0) is 61.5 Å². The summed E-state index contributed by atoms with van der Waals surface area (Å²) in [5, 5.41) is 3.51. The molecule has 1 aromatic carbocycles. The Morgan fingerprint density at radius 2 is 2.06 bits per heavy atom. The van der Waals surface area contributed by atoms with E-state index in [1.165, 1.54) is 18.4 Å². The van der Waals surface area contributed by atoms with Crippen molar-refractivity contribution in [3.63, 3.8) is 0 Å². The van der Waals surface area contributed by atoms with Gasteiger partial charge in [-0.15, -0.1) is 0 Å². The van der Waals surface area contributed by atoms with Crippen LogP contribution < -0.4 is 10.1 Å². The summed E-state index contributed by atoms with van der Waals surface area (Å²) in [5.74, 6) is 1.78. The molecule has 0 unspecified atom stereocenters. The molecule has 100 valence electrons. The summed E-state index contributed by atoms with van der Waals surface area (Å²) >= 11 is 3.59. The minimum atomic E-state index is 0.121. The minimum absolute atomic E-state index is 0.121. The second-order valence-electron chi connectivity index (χ2n) is 6.09. The Hall–Kier alpha value is -0.540. The van der Waals surface area contributed by atoms with E-state index >= 15 is 0 Å². The quantitative estimate of drug-likeness (QED) is 0.883. The Morgan fingerprint density at radius 3 is 2.67 bits per heavy atom. The second kappa shape index (κ2) is 5.62. The fourth-order valence-corrected chi connectivity index (χ4v) is 2.22. The molecule has 0 saturated heterocycles. The molecule has 1 saturated carbocycles. The Labute approximate surface area is 118 Å². The molecule has 0 atom stereocenters. The Kier molecular flexibility index (Phi) is 4.33. The first-order valence-electron chi connectivity index (χ1n) is 6.61. The zero-order valence-corrected chi connectivity index (χ0v) is 13.0. The maximum Gasteiger partial charge on any atom is 0.137 e. The van der Waals surface area contributed by atoms with E-state index in [0.717, 1.165) is 29.3 Å². The van der Waals surface area contributed by atoms with E-state index in [2.05, 4.69) is 54.2 Å². The predicted molar refractivity (Wildman–Crippen MR) is 79.0 cm³/mol. The van der Waals surface area contributed by atoms with Crippen LogP contribution in [0.3, 0.4) is 0 Å². The maximum atomic E-state index is 5.97.